The van der Waals surface area contributed by atoms with Crippen molar-refractivity contribution in [1.82, 2.24) is 15.0 Å². The molecule has 9 nitrogen and oxygen atoms in total. The number of aliphatic hydroxyl groups excluding tert-OH is 1. The van der Waals surface area contributed by atoms with Crippen LogP contribution in [0.15, 0.2) is 24.3 Å². The van der Waals surface area contributed by atoms with Gasteiger partial charge in [0.25, 0.3) is 0 Å². The van der Waals surface area contributed by atoms with E-state index in [1.165, 1.54) is 6.07 Å². The molecule has 0 radical (unpaired) electrons. The van der Waals surface area contributed by atoms with Gasteiger partial charge in [-0.2, -0.15) is 5.26 Å². The van der Waals surface area contributed by atoms with Crippen molar-refractivity contribution < 1.29 is 15.0 Å². The molecule has 3 N–H and O–H groups in total. The van der Waals surface area contributed by atoms with Gasteiger partial charge < -0.3 is 20.4 Å². The molecule has 35 heavy (non-hydrogen) atoms. The summed E-state index contributed by atoms with van der Waals surface area (Å²) in [5, 5.41) is 33.3. The number of pyridine rings is 1. The van der Waals surface area contributed by atoms with E-state index in [0.29, 0.717) is 28.5 Å². The maximum atomic E-state index is 11.7. The van der Waals surface area contributed by atoms with Crippen molar-refractivity contribution in [2.24, 2.45) is 5.92 Å². The Kier molecular flexibility index (Phi) is 5.95. The molecule has 3 aliphatic rings. The molecule has 2 saturated heterocycles. The van der Waals surface area contributed by atoms with Gasteiger partial charge >= 0.3 is 5.97 Å². The first-order valence-corrected chi connectivity index (χ1v) is 12.0. The van der Waals surface area contributed by atoms with E-state index in [-0.39, 0.29) is 28.6 Å². The van der Waals surface area contributed by atoms with Gasteiger partial charge in [0.05, 0.1) is 34.9 Å². The molecule has 3 fully saturated rings. The SMILES string of the molecule is Cc1cc([C@@H](C)Nc2ccc(Cl)nc2C(=O)O)c2nc(N3CC4CCC3C(O)C4)c(C#N)nc2c1. The van der Waals surface area contributed by atoms with Crippen LogP contribution >= 0.6 is 11.6 Å². The largest absolute Gasteiger partial charge is 0.476 e. The van der Waals surface area contributed by atoms with Gasteiger partial charge in [0.1, 0.15) is 11.2 Å². The lowest BCUT2D eigenvalue weighted by Crippen LogP contribution is -2.56. The minimum Gasteiger partial charge on any atom is -0.476 e. The maximum absolute atomic E-state index is 11.7. The number of carboxylic acids is 1. The van der Waals surface area contributed by atoms with E-state index in [0.717, 1.165) is 36.9 Å². The topological polar surface area (TPSA) is 135 Å². The monoisotopic (exact) mass is 492 g/mol. The Hall–Kier alpha value is -3.48. The number of hydrogen-bond donors (Lipinski definition) is 3. The zero-order valence-corrected chi connectivity index (χ0v) is 20.1. The highest BCUT2D eigenvalue weighted by molar-refractivity contribution is 6.29. The van der Waals surface area contributed by atoms with Crippen LogP contribution in [0, 0.1) is 24.2 Å². The number of fused-ring (bicyclic) bond motifs is 4. The van der Waals surface area contributed by atoms with Crippen molar-refractivity contribution in [1.29, 1.82) is 5.26 Å². The standard InChI is InChI=1S/C25H25ClN6O3/c1-12-7-15(13(2)28-16-4-6-21(26)30-23(16)25(34)35)22-17(8-12)29-18(10-27)24(31-22)32-11-14-3-5-19(32)20(33)9-14/h4,6-8,13-14,19-20,28,33H,3,5,9,11H2,1-2H3,(H,34,35)/t13-,14?,19?,20?/m1/s1. The van der Waals surface area contributed by atoms with Crippen molar-refractivity contribution in [2.75, 3.05) is 16.8 Å². The third-order valence-corrected chi connectivity index (χ3v) is 7.16. The van der Waals surface area contributed by atoms with Crippen LogP contribution in [0.5, 0.6) is 0 Å². The quantitative estimate of drug-likeness (QED) is 0.450. The molecule has 3 unspecified atom stereocenters. The minimum atomic E-state index is -1.18. The molecule has 2 aliphatic heterocycles. The van der Waals surface area contributed by atoms with Gasteiger partial charge in [0.2, 0.25) is 0 Å². The highest BCUT2D eigenvalue weighted by Gasteiger charge is 2.41. The summed E-state index contributed by atoms with van der Waals surface area (Å²) in [5.41, 5.74) is 3.37. The van der Waals surface area contributed by atoms with Crippen LogP contribution in [0.25, 0.3) is 11.0 Å². The van der Waals surface area contributed by atoms with E-state index in [9.17, 15) is 20.3 Å². The molecule has 2 bridgehead atoms. The number of carbonyl (C=O) groups is 1. The first-order valence-electron chi connectivity index (χ1n) is 11.6. The number of carboxylic acid groups (broad SMARTS) is 1. The number of hydrogen-bond acceptors (Lipinski definition) is 8. The predicted octanol–water partition coefficient (Wildman–Crippen LogP) is 4.08. The first kappa shape index (κ1) is 23.3. The number of nitrogens with one attached hydrogen (secondary N) is 1. The van der Waals surface area contributed by atoms with Crippen LogP contribution in [0.1, 0.15) is 59.5 Å². The Balaban J connectivity index is 1.59. The number of anilines is 2. The fraction of sp³-hybridized carbons (Fsp3) is 0.400. The second kappa shape index (κ2) is 8.95. The number of halogens is 1. The molecular weight excluding hydrogens is 468 g/mol. The Morgan fingerprint density at radius 2 is 2.09 bits per heavy atom. The molecular formula is C25H25ClN6O3. The van der Waals surface area contributed by atoms with Crippen LogP contribution in [-0.2, 0) is 0 Å². The molecule has 4 atom stereocenters. The molecule has 1 saturated carbocycles. The molecule has 10 heteroatoms. The summed E-state index contributed by atoms with van der Waals surface area (Å²) in [6.07, 6.45) is 2.25. The molecule has 1 aromatic carbocycles. The van der Waals surface area contributed by atoms with Crippen molar-refractivity contribution in [2.45, 2.75) is 51.3 Å². The average Bonchev–Trinajstić information content (AvgIpc) is 2.83. The number of nitrogens with zero attached hydrogens (tertiary/aromatic N) is 5. The lowest BCUT2D eigenvalue weighted by molar-refractivity contribution is 0.0502. The highest BCUT2D eigenvalue weighted by atomic mass is 35.5. The summed E-state index contributed by atoms with van der Waals surface area (Å²) < 4.78 is 0. The maximum Gasteiger partial charge on any atom is 0.356 e. The Bertz CT molecular complexity index is 1370. The number of aliphatic hydroxyl groups is 1. The van der Waals surface area contributed by atoms with Gasteiger partial charge in [-0.3, -0.25) is 0 Å². The number of aromatic nitrogens is 3. The number of aryl methyl sites for hydroxylation is 1. The third-order valence-electron chi connectivity index (χ3n) is 6.95. The van der Waals surface area contributed by atoms with E-state index in [1.54, 1.807) is 6.07 Å². The van der Waals surface area contributed by atoms with Crippen LogP contribution in [0.4, 0.5) is 11.5 Å². The lowest BCUT2D eigenvalue weighted by atomic mass is 9.78. The number of rotatable bonds is 5. The van der Waals surface area contributed by atoms with Crippen molar-refractivity contribution in [3.63, 3.8) is 0 Å². The van der Waals surface area contributed by atoms with E-state index < -0.39 is 12.1 Å². The Labute approximate surface area is 207 Å². The second-order valence-electron chi connectivity index (χ2n) is 9.40. The van der Waals surface area contributed by atoms with Gasteiger partial charge in [-0.25, -0.2) is 19.7 Å². The number of nitriles is 1. The summed E-state index contributed by atoms with van der Waals surface area (Å²) in [4.78, 5) is 27.3. The first-order chi connectivity index (χ1) is 16.7. The molecule has 180 valence electrons. The van der Waals surface area contributed by atoms with Crippen LogP contribution in [-0.4, -0.2) is 49.8 Å². The van der Waals surface area contributed by atoms with Crippen molar-refractivity contribution in [3.05, 3.63) is 51.9 Å². The Morgan fingerprint density at radius 3 is 2.77 bits per heavy atom. The molecule has 1 aliphatic carbocycles. The number of aromatic carboxylic acids is 1. The number of piperidine rings is 2. The summed E-state index contributed by atoms with van der Waals surface area (Å²) in [6, 6.07) is 8.74. The molecule has 0 amide bonds. The summed E-state index contributed by atoms with van der Waals surface area (Å²) in [6.45, 7) is 4.58. The molecule has 4 heterocycles. The molecule has 0 spiro atoms. The summed E-state index contributed by atoms with van der Waals surface area (Å²) in [7, 11) is 0. The zero-order chi connectivity index (χ0) is 24.9. The van der Waals surface area contributed by atoms with Gasteiger partial charge in [0, 0.05) is 12.1 Å². The normalized spacial score (nSPS) is 22.1. The van der Waals surface area contributed by atoms with Gasteiger partial charge in [0.15, 0.2) is 17.2 Å². The molecule has 2 aromatic heterocycles. The second-order valence-corrected chi connectivity index (χ2v) is 9.78. The highest BCUT2D eigenvalue weighted by Crippen LogP contribution is 2.39. The molecule has 3 aromatic rings. The van der Waals surface area contributed by atoms with Crippen LogP contribution < -0.4 is 10.2 Å². The summed E-state index contributed by atoms with van der Waals surface area (Å²) in [5.74, 6) is -0.329. The number of benzene rings is 1. The van der Waals surface area contributed by atoms with Gasteiger partial charge in [-0.05, 0) is 62.8 Å². The van der Waals surface area contributed by atoms with Crippen LogP contribution in [0.2, 0.25) is 5.15 Å². The minimum absolute atomic E-state index is 0.0819. The Morgan fingerprint density at radius 1 is 1.29 bits per heavy atom. The summed E-state index contributed by atoms with van der Waals surface area (Å²) >= 11 is 5.90. The lowest BCUT2D eigenvalue weighted by Gasteiger charge is -2.48. The third kappa shape index (κ3) is 4.24. The van der Waals surface area contributed by atoms with Crippen LogP contribution in [0.3, 0.4) is 0 Å². The van der Waals surface area contributed by atoms with E-state index in [1.807, 2.05) is 30.9 Å². The smallest absolute Gasteiger partial charge is 0.356 e. The van der Waals surface area contributed by atoms with Gasteiger partial charge in [-0.15, -0.1) is 0 Å². The molecule has 6 rings (SSSR count). The van der Waals surface area contributed by atoms with E-state index >= 15 is 0 Å². The predicted molar refractivity (Wildman–Crippen MR) is 132 cm³/mol. The van der Waals surface area contributed by atoms with E-state index in [4.69, 9.17) is 16.6 Å². The fourth-order valence-corrected chi connectivity index (χ4v) is 5.50. The van der Waals surface area contributed by atoms with Crippen molar-refractivity contribution >= 4 is 40.1 Å². The average molecular weight is 493 g/mol. The fourth-order valence-electron chi connectivity index (χ4n) is 5.36. The van der Waals surface area contributed by atoms with Crippen molar-refractivity contribution in [3.8, 4) is 6.07 Å². The van der Waals surface area contributed by atoms with E-state index in [2.05, 4.69) is 21.4 Å². The van der Waals surface area contributed by atoms with Gasteiger partial charge in [-0.1, -0.05) is 17.7 Å². The zero-order valence-electron chi connectivity index (χ0n) is 19.4.